The van der Waals surface area contributed by atoms with Crippen molar-refractivity contribution in [2.24, 2.45) is 5.92 Å². The number of hydrogen-bond donors (Lipinski definition) is 2. The fraction of sp³-hybridized carbons (Fsp3) is 0.462. The monoisotopic (exact) mass is 565 g/mol. The van der Waals surface area contributed by atoms with Gasteiger partial charge in [0.25, 0.3) is 11.5 Å². The number of rotatable bonds is 6. The number of fused-ring (bicyclic) bond motifs is 1. The number of H-pyrrole nitrogens is 1. The number of benzene rings is 1. The third-order valence-electron chi connectivity index (χ3n) is 7.31. The molecule has 2 N–H and O–H groups in total. The third kappa shape index (κ3) is 5.92. The number of halogens is 5. The summed E-state index contributed by atoms with van der Waals surface area (Å²) in [7, 11) is 0. The van der Waals surface area contributed by atoms with Crippen LogP contribution in [0.15, 0.2) is 29.1 Å². The van der Waals surface area contributed by atoms with Gasteiger partial charge in [-0.25, -0.2) is 19.4 Å². The molecule has 0 radical (unpaired) electrons. The van der Waals surface area contributed by atoms with Crippen LogP contribution in [0.25, 0.3) is 11.0 Å². The van der Waals surface area contributed by atoms with Crippen molar-refractivity contribution < 1.29 is 26.7 Å². The van der Waals surface area contributed by atoms with E-state index < -0.39 is 29.8 Å². The van der Waals surface area contributed by atoms with Crippen molar-refractivity contribution in [1.29, 1.82) is 0 Å². The van der Waals surface area contributed by atoms with Gasteiger partial charge in [-0.05, 0) is 42.7 Å². The maximum Gasteiger partial charge on any atom is 0.393 e. The van der Waals surface area contributed by atoms with Gasteiger partial charge < -0.3 is 9.88 Å². The minimum Gasteiger partial charge on any atom is -0.365 e. The summed E-state index contributed by atoms with van der Waals surface area (Å²) >= 11 is 0. The van der Waals surface area contributed by atoms with E-state index in [2.05, 4.69) is 25.3 Å². The molecular formula is C26H28F5N7O2. The second-order valence-electron chi connectivity index (χ2n) is 10.0. The van der Waals surface area contributed by atoms with Gasteiger partial charge in [0.2, 0.25) is 5.95 Å². The number of amides is 1. The highest BCUT2D eigenvalue weighted by Crippen LogP contribution is 2.32. The zero-order valence-corrected chi connectivity index (χ0v) is 21.7. The summed E-state index contributed by atoms with van der Waals surface area (Å²) in [6.07, 6.45) is -4.06. The highest BCUT2D eigenvalue weighted by atomic mass is 19.4. The molecule has 0 spiro atoms. The lowest BCUT2D eigenvalue weighted by Gasteiger charge is -2.36. The Morgan fingerprint density at radius 3 is 2.50 bits per heavy atom. The number of hydrogen-bond acceptors (Lipinski definition) is 7. The van der Waals surface area contributed by atoms with E-state index in [-0.39, 0.29) is 47.7 Å². The van der Waals surface area contributed by atoms with E-state index >= 15 is 0 Å². The molecule has 2 aliphatic heterocycles. The molecule has 1 amide bonds. The number of nitrogens with zero attached hydrogens (tertiary/aromatic N) is 5. The van der Waals surface area contributed by atoms with E-state index in [1.54, 1.807) is 17.9 Å². The largest absolute Gasteiger partial charge is 0.393 e. The first-order valence-electron chi connectivity index (χ1n) is 13.0. The minimum absolute atomic E-state index is 0.0429. The molecule has 1 atom stereocenters. The van der Waals surface area contributed by atoms with Gasteiger partial charge in [-0.2, -0.15) is 17.6 Å². The van der Waals surface area contributed by atoms with Crippen molar-refractivity contribution in [3.63, 3.8) is 0 Å². The predicted molar refractivity (Wildman–Crippen MR) is 137 cm³/mol. The van der Waals surface area contributed by atoms with Crippen LogP contribution in [-0.2, 0) is 13.0 Å². The number of anilines is 1. The number of pyridine rings is 1. The molecule has 1 unspecified atom stereocenters. The zero-order valence-electron chi connectivity index (χ0n) is 21.7. The minimum atomic E-state index is -4.34. The Morgan fingerprint density at radius 2 is 1.85 bits per heavy atom. The molecule has 0 aliphatic carbocycles. The van der Waals surface area contributed by atoms with Gasteiger partial charge in [-0.3, -0.25) is 19.9 Å². The Morgan fingerprint density at radius 1 is 1.10 bits per heavy atom. The van der Waals surface area contributed by atoms with Crippen molar-refractivity contribution in [2.45, 2.75) is 32.5 Å². The Kier molecular flexibility index (Phi) is 7.73. The van der Waals surface area contributed by atoms with Crippen molar-refractivity contribution in [3.05, 3.63) is 63.3 Å². The molecule has 2 aromatic heterocycles. The lowest BCUT2D eigenvalue weighted by Crippen LogP contribution is -2.46. The zero-order chi connectivity index (χ0) is 28.6. The highest BCUT2D eigenvalue weighted by molar-refractivity contribution is 5.92. The van der Waals surface area contributed by atoms with Crippen molar-refractivity contribution in [2.75, 3.05) is 44.2 Å². The van der Waals surface area contributed by atoms with Crippen LogP contribution in [0.5, 0.6) is 0 Å². The number of hydrazine groups is 1. The molecule has 5 rings (SSSR count). The van der Waals surface area contributed by atoms with Gasteiger partial charge in [-0.1, -0.05) is 6.92 Å². The summed E-state index contributed by atoms with van der Waals surface area (Å²) in [5.41, 5.74) is 3.41. The second kappa shape index (κ2) is 11.1. The Bertz CT molecular complexity index is 1470. The first-order chi connectivity index (χ1) is 19.0. The molecule has 9 nitrogen and oxygen atoms in total. The van der Waals surface area contributed by atoms with E-state index in [9.17, 15) is 31.5 Å². The first-order valence-corrected chi connectivity index (χ1v) is 13.0. The van der Waals surface area contributed by atoms with Gasteiger partial charge in [0.15, 0.2) is 5.82 Å². The number of aromatic nitrogens is 3. The molecule has 40 heavy (non-hydrogen) atoms. The van der Waals surface area contributed by atoms with E-state index in [0.29, 0.717) is 50.2 Å². The molecule has 2 aliphatic rings. The highest BCUT2D eigenvalue weighted by Gasteiger charge is 2.44. The second-order valence-corrected chi connectivity index (χ2v) is 10.0. The number of piperazine rings is 1. The van der Waals surface area contributed by atoms with E-state index in [1.165, 1.54) is 23.2 Å². The number of aryl methyl sites for hydroxylation is 1. The summed E-state index contributed by atoms with van der Waals surface area (Å²) in [6, 6.07) is 5.88. The van der Waals surface area contributed by atoms with E-state index in [1.807, 2.05) is 0 Å². The summed E-state index contributed by atoms with van der Waals surface area (Å²) in [5.74, 6) is -3.66. The van der Waals surface area contributed by atoms with Crippen molar-refractivity contribution in [3.8, 4) is 0 Å². The maximum atomic E-state index is 14.9. The van der Waals surface area contributed by atoms with E-state index in [0.717, 1.165) is 0 Å². The van der Waals surface area contributed by atoms with Gasteiger partial charge in [0.05, 0.1) is 17.1 Å². The van der Waals surface area contributed by atoms with E-state index in [4.69, 9.17) is 0 Å². The van der Waals surface area contributed by atoms with Crippen molar-refractivity contribution in [1.82, 2.24) is 30.3 Å². The lowest BCUT2D eigenvalue weighted by atomic mass is 10.1. The Labute approximate surface area is 226 Å². The normalized spacial score (nSPS) is 18.9. The Balaban J connectivity index is 1.18. The molecule has 1 aromatic carbocycles. The number of carbonyl (C=O) groups is 1. The number of nitrogens with one attached hydrogen (secondary N) is 2. The molecule has 14 heteroatoms. The predicted octanol–water partition coefficient (Wildman–Crippen LogP) is 3.01. The van der Waals surface area contributed by atoms with Crippen LogP contribution < -0.4 is 15.9 Å². The third-order valence-corrected chi connectivity index (χ3v) is 7.31. The molecule has 2 saturated heterocycles. The fourth-order valence-electron chi connectivity index (χ4n) is 5.10. The van der Waals surface area contributed by atoms with Gasteiger partial charge in [-0.15, -0.1) is 0 Å². The van der Waals surface area contributed by atoms with Crippen LogP contribution in [0.3, 0.4) is 0 Å². The summed E-state index contributed by atoms with van der Waals surface area (Å²) in [5, 5.41) is 1.17. The standard InChI is InChI=1S/C26H28F5N7O2/c1-2-18-24(39)34-20-12-15(11-17(27)22(20)32-18)13-36-7-9-37(10-8-36)21-4-3-19(33-23(21)28)25(40)35-38-6-5-16(14-38)26(29,30)31/h3-4,11-12,16H,2,5-10,13-14H2,1H3,(H,34,39)(H,35,40). The lowest BCUT2D eigenvalue weighted by molar-refractivity contribution is -0.171. The number of alkyl halides is 3. The summed E-state index contributed by atoms with van der Waals surface area (Å²) in [4.78, 5) is 39.0. The molecule has 3 aromatic rings. The van der Waals surface area contributed by atoms with Crippen LogP contribution in [-0.4, -0.2) is 76.2 Å². The van der Waals surface area contributed by atoms with Gasteiger partial charge >= 0.3 is 6.18 Å². The number of aromatic amines is 1. The summed E-state index contributed by atoms with van der Waals surface area (Å²) in [6.45, 7) is 3.86. The average molecular weight is 566 g/mol. The SMILES string of the molecule is CCc1nc2c(F)cc(CN3CCN(c4ccc(C(=O)NN5CCC(C(F)(F)F)C5)nc4F)CC3)cc2[nH]c1=O. The van der Waals surface area contributed by atoms with Crippen molar-refractivity contribution >= 4 is 22.6 Å². The maximum absolute atomic E-state index is 14.9. The van der Waals surface area contributed by atoms with Crippen LogP contribution in [0.1, 0.15) is 35.1 Å². The smallest absolute Gasteiger partial charge is 0.365 e. The summed E-state index contributed by atoms with van der Waals surface area (Å²) < 4.78 is 68.2. The molecule has 214 valence electrons. The van der Waals surface area contributed by atoms with Gasteiger partial charge in [0.1, 0.15) is 16.9 Å². The fourth-order valence-corrected chi connectivity index (χ4v) is 5.10. The first kappa shape index (κ1) is 27.9. The quantitative estimate of drug-likeness (QED) is 0.351. The van der Waals surface area contributed by atoms with Crippen LogP contribution in [0, 0.1) is 17.7 Å². The molecule has 2 fully saturated rings. The van der Waals surface area contributed by atoms with Crippen LogP contribution >= 0.6 is 0 Å². The topological polar surface area (TPSA) is 97.5 Å². The van der Waals surface area contributed by atoms with Crippen LogP contribution in [0.2, 0.25) is 0 Å². The number of carbonyl (C=O) groups excluding carboxylic acids is 1. The average Bonchev–Trinajstić information content (AvgIpc) is 3.38. The molecule has 0 bridgehead atoms. The Hall–Kier alpha value is -3.65. The molecule has 4 heterocycles. The van der Waals surface area contributed by atoms with Gasteiger partial charge in [0, 0.05) is 45.8 Å². The molecular weight excluding hydrogens is 537 g/mol. The van der Waals surface area contributed by atoms with Crippen LogP contribution in [0.4, 0.5) is 27.6 Å². The molecule has 0 saturated carbocycles.